The summed E-state index contributed by atoms with van der Waals surface area (Å²) in [7, 11) is 0. The zero-order valence-electron chi connectivity index (χ0n) is 5.20. The molecule has 0 radical (unpaired) electrons. The third-order valence-electron chi connectivity index (χ3n) is 1.42. The second kappa shape index (κ2) is 2.17. The van der Waals surface area contributed by atoms with Gasteiger partial charge in [-0.05, 0) is 12.5 Å². The minimum atomic E-state index is -0.511. The van der Waals surface area contributed by atoms with Crippen LogP contribution in [-0.2, 0) is 4.79 Å². The first-order valence-corrected chi connectivity index (χ1v) is 2.78. The zero-order chi connectivity index (χ0) is 6.85. The van der Waals surface area contributed by atoms with Crippen molar-refractivity contribution in [2.45, 2.75) is 6.92 Å². The average Bonchev–Trinajstić information content (AvgIpc) is 1.84. The van der Waals surface area contributed by atoms with Gasteiger partial charge in [-0.25, -0.2) is 4.39 Å². The molecule has 0 unspecified atom stereocenters. The van der Waals surface area contributed by atoms with Gasteiger partial charge in [0.25, 0.3) is 0 Å². The van der Waals surface area contributed by atoms with Crippen LogP contribution in [0.3, 0.4) is 0 Å². The summed E-state index contributed by atoms with van der Waals surface area (Å²) >= 11 is 0. The van der Waals surface area contributed by atoms with Gasteiger partial charge in [0, 0.05) is 12.1 Å². The van der Waals surface area contributed by atoms with Crippen molar-refractivity contribution in [2.75, 3.05) is 13.2 Å². The van der Waals surface area contributed by atoms with Crippen molar-refractivity contribution in [1.29, 1.82) is 0 Å². The Morgan fingerprint density at radius 2 is 2.56 bits per heavy atom. The van der Waals surface area contributed by atoms with E-state index in [0.717, 1.165) is 0 Å². The number of carbonyl (C=O) groups is 1. The predicted molar refractivity (Wildman–Crippen MR) is 31.7 cm³/mol. The Hall–Kier alpha value is -0.860. The minimum absolute atomic E-state index is 0.120. The van der Waals surface area contributed by atoms with Crippen LogP contribution in [0.2, 0.25) is 0 Å². The standard InChI is InChI=1S/C6H8FNO/c1-4(2-7)5-3-8-6(5)9/h2-3H2,1H3,(H,8,9). The third-order valence-corrected chi connectivity index (χ3v) is 1.42. The molecule has 1 heterocycles. The molecule has 0 atom stereocenters. The van der Waals surface area contributed by atoms with Gasteiger partial charge < -0.3 is 5.32 Å². The van der Waals surface area contributed by atoms with E-state index in [0.29, 0.717) is 17.7 Å². The number of allylic oxidation sites excluding steroid dienone is 1. The van der Waals surface area contributed by atoms with Gasteiger partial charge in [-0.15, -0.1) is 0 Å². The van der Waals surface area contributed by atoms with Crippen LogP contribution in [0, 0.1) is 0 Å². The Balaban J connectivity index is 2.69. The van der Waals surface area contributed by atoms with Gasteiger partial charge in [-0.3, -0.25) is 4.79 Å². The Kier molecular flexibility index (Phi) is 1.51. The summed E-state index contributed by atoms with van der Waals surface area (Å²) in [6.07, 6.45) is 0. The molecule has 0 saturated carbocycles. The molecule has 1 amide bonds. The third kappa shape index (κ3) is 0.943. The molecule has 2 nitrogen and oxygen atoms in total. The topological polar surface area (TPSA) is 29.1 Å². The fraction of sp³-hybridized carbons (Fsp3) is 0.500. The molecule has 3 heteroatoms. The summed E-state index contributed by atoms with van der Waals surface area (Å²) in [6.45, 7) is 1.66. The molecule has 1 rings (SSSR count). The van der Waals surface area contributed by atoms with Crippen molar-refractivity contribution in [2.24, 2.45) is 0 Å². The molecule has 0 spiro atoms. The number of rotatable bonds is 1. The van der Waals surface area contributed by atoms with Crippen LogP contribution in [0.15, 0.2) is 11.1 Å². The van der Waals surface area contributed by atoms with E-state index in [1.165, 1.54) is 0 Å². The highest BCUT2D eigenvalue weighted by Crippen LogP contribution is 2.09. The Morgan fingerprint density at radius 1 is 1.89 bits per heavy atom. The monoisotopic (exact) mass is 129 g/mol. The maximum Gasteiger partial charge on any atom is 0.249 e. The fourth-order valence-electron chi connectivity index (χ4n) is 0.674. The van der Waals surface area contributed by atoms with Crippen LogP contribution in [0.4, 0.5) is 4.39 Å². The molecule has 1 fully saturated rings. The van der Waals surface area contributed by atoms with Gasteiger partial charge in [0.2, 0.25) is 5.91 Å². The molecule has 0 aromatic rings. The van der Waals surface area contributed by atoms with Gasteiger partial charge in [0.05, 0.1) is 0 Å². The summed E-state index contributed by atoms with van der Waals surface area (Å²) in [5, 5.41) is 2.51. The summed E-state index contributed by atoms with van der Waals surface area (Å²) < 4.78 is 11.8. The molecule has 1 N–H and O–H groups in total. The SMILES string of the molecule is CC(CF)=C1CNC1=O. The van der Waals surface area contributed by atoms with Crippen LogP contribution in [0.1, 0.15) is 6.92 Å². The van der Waals surface area contributed by atoms with E-state index in [-0.39, 0.29) is 5.91 Å². The number of nitrogens with one attached hydrogen (secondary N) is 1. The number of β-lactam (4-membered cyclic amide) rings is 1. The molecule has 0 bridgehead atoms. The molecule has 0 aromatic carbocycles. The number of alkyl halides is 1. The first kappa shape index (κ1) is 6.26. The van der Waals surface area contributed by atoms with E-state index in [1.807, 2.05) is 0 Å². The molecule has 1 saturated heterocycles. The summed E-state index contributed by atoms with van der Waals surface area (Å²) in [5.41, 5.74) is 1.16. The Bertz CT molecular complexity index is 174. The second-order valence-electron chi connectivity index (χ2n) is 2.08. The van der Waals surface area contributed by atoms with E-state index in [9.17, 15) is 9.18 Å². The number of halogens is 1. The van der Waals surface area contributed by atoms with Crippen LogP contribution >= 0.6 is 0 Å². The van der Waals surface area contributed by atoms with Crippen molar-refractivity contribution in [1.82, 2.24) is 5.32 Å². The van der Waals surface area contributed by atoms with E-state index in [1.54, 1.807) is 6.92 Å². The average molecular weight is 129 g/mol. The van der Waals surface area contributed by atoms with Crippen LogP contribution in [-0.4, -0.2) is 19.1 Å². The Labute approximate surface area is 52.7 Å². The highest BCUT2D eigenvalue weighted by Gasteiger charge is 2.21. The van der Waals surface area contributed by atoms with Crippen molar-refractivity contribution in [3.63, 3.8) is 0 Å². The van der Waals surface area contributed by atoms with E-state index < -0.39 is 6.67 Å². The first-order chi connectivity index (χ1) is 4.25. The van der Waals surface area contributed by atoms with Crippen molar-refractivity contribution in [3.05, 3.63) is 11.1 Å². The maximum absolute atomic E-state index is 11.8. The highest BCUT2D eigenvalue weighted by molar-refractivity contribution is 6.00. The van der Waals surface area contributed by atoms with Crippen LogP contribution in [0.25, 0.3) is 0 Å². The van der Waals surface area contributed by atoms with Gasteiger partial charge in [-0.2, -0.15) is 0 Å². The molecule has 1 aliphatic heterocycles. The van der Waals surface area contributed by atoms with Crippen LogP contribution < -0.4 is 5.32 Å². The summed E-state index contributed by atoms with van der Waals surface area (Å²) in [5.74, 6) is -0.120. The molecule has 0 aliphatic carbocycles. The Morgan fingerprint density at radius 3 is 2.67 bits per heavy atom. The normalized spacial score (nSPS) is 22.7. The molecular weight excluding hydrogens is 121 g/mol. The van der Waals surface area contributed by atoms with E-state index in [4.69, 9.17) is 0 Å². The lowest BCUT2D eigenvalue weighted by molar-refractivity contribution is -0.120. The van der Waals surface area contributed by atoms with E-state index >= 15 is 0 Å². The second-order valence-corrected chi connectivity index (χ2v) is 2.08. The highest BCUT2D eigenvalue weighted by atomic mass is 19.1. The number of hydrogen-bond acceptors (Lipinski definition) is 1. The predicted octanol–water partition coefficient (Wildman–Crippen LogP) is 0.402. The molecule has 9 heavy (non-hydrogen) atoms. The smallest absolute Gasteiger partial charge is 0.249 e. The minimum Gasteiger partial charge on any atom is -0.348 e. The van der Waals surface area contributed by atoms with Gasteiger partial charge in [-0.1, -0.05) is 0 Å². The number of amides is 1. The summed E-state index contributed by atoms with van der Waals surface area (Å²) in [4.78, 5) is 10.5. The quantitative estimate of drug-likeness (QED) is 0.403. The van der Waals surface area contributed by atoms with Gasteiger partial charge in [0.1, 0.15) is 6.67 Å². The largest absolute Gasteiger partial charge is 0.348 e. The molecular formula is C6H8FNO. The fourth-order valence-corrected chi connectivity index (χ4v) is 0.674. The number of carbonyl (C=O) groups excluding carboxylic acids is 1. The number of hydrogen-bond donors (Lipinski definition) is 1. The van der Waals surface area contributed by atoms with Crippen molar-refractivity contribution >= 4 is 5.91 Å². The lowest BCUT2D eigenvalue weighted by Crippen LogP contribution is -2.41. The van der Waals surface area contributed by atoms with Crippen molar-refractivity contribution in [3.8, 4) is 0 Å². The van der Waals surface area contributed by atoms with Gasteiger partial charge in [0.15, 0.2) is 0 Å². The summed E-state index contributed by atoms with van der Waals surface area (Å²) in [6, 6.07) is 0. The van der Waals surface area contributed by atoms with Gasteiger partial charge >= 0.3 is 0 Å². The molecule has 0 aromatic heterocycles. The van der Waals surface area contributed by atoms with E-state index in [2.05, 4.69) is 5.32 Å². The molecule has 50 valence electrons. The first-order valence-electron chi connectivity index (χ1n) is 2.78. The lowest BCUT2D eigenvalue weighted by Gasteiger charge is -2.19. The molecule has 1 aliphatic rings. The maximum atomic E-state index is 11.8. The zero-order valence-corrected chi connectivity index (χ0v) is 5.20. The van der Waals surface area contributed by atoms with Crippen LogP contribution in [0.5, 0.6) is 0 Å². The van der Waals surface area contributed by atoms with Crippen molar-refractivity contribution < 1.29 is 9.18 Å². The lowest BCUT2D eigenvalue weighted by atomic mass is 10.0.